The molecule has 0 saturated carbocycles. The number of aromatic nitrogens is 1. The Morgan fingerprint density at radius 3 is 2.54 bits per heavy atom. The smallest absolute Gasteiger partial charge is 0.251 e. The van der Waals surface area contributed by atoms with Crippen molar-refractivity contribution in [1.82, 2.24) is 9.88 Å². The van der Waals surface area contributed by atoms with E-state index in [0.29, 0.717) is 24.9 Å². The highest BCUT2D eigenvalue weighted by molar-refractivity contribution is 5.79. The summed E-state index contributed by atoms with van der Waals surface area (Å²) in [6.45, 7) is 0.577. The van der Waals surface area contributed by atoms with Crippen LogP contribution in [0.1, 0.15) is 17.5 Å². The fourth-order valence-electron chi connectivity index (χ4n) is 2.76. The first-order valence-electron chi connectivity index (χ1n) is 8.02. The topological polar surface area (TPSA) is 53.2 Å². The molecule has 0 aliphatic rings. The molecule has 0 unspecified atom stereocenters. The number of fused-ring (bicyclic) bond motifs is 1. The zero-order valence-corrected chi connectivity index (χ0v) is 13.7. The molecule has 3 aromatic rings. The lowest BCUT2D eigenvalue weighted by Gasteiger charge is -2.17. The summed E-state index contributed by atoms with van der Waals surface area (Å²) in [5.41, 5.74) is 2.44. The highest BCUT2D eigenvalue weighted by Crippen LogP contribution is 2.12. The Hall–Kier alpha value is -2.88. The van der Waals surface area contributed by atoms with Gasteiger partial charge in [-0.1, -0.05) is 48.5 Å². The molecule has 0 fully saturated rings. The number of nitrogens with zero attached hydrogens (tertiary/aromatic N) is 1. The van der Waals surface area contributed by atoms with Gasteiger partial charge in [0.05, 0.1) is 0 Å². The molecule has 1 heterocycles. The van der Waals surface area contributed by atoms with Gasteiger partial charge in [0.25, 0.3) is 5.56 Å². The molecule has 0 spiro atoms. The van der Waals surface area contributed by atoms with Crippen LogP contribution in [-0.4, -0.2) is 22.8 Å². The van der Waals surface area contributed by atoms with Gasteiger partial charge >= 0.3 is 0 Å². The maximum Gasteiger partial charge on any atom is 0.251 e. The Labute approximate surface area is 140 Å². The molecule has 4 nitrogen and oxygen atoms in total. The zero-order chi connectivity index (χ0) is 16.9. The van der Waals surface area contributed by atoms with E-state index < -0.39 is 0 Å². The minimum absolute atomic E-state index is 0.0337. The lowest BCUT2D eigenvalue weighted by molar-refractivity contribution is -0.130. The number of carbonyl (C=O) groups excluding carboxylic acids is 1. The van der Waals surface area contributed by atoms with Crippen LogP contribution in [0.25, 0.3) is 10.9 Å². The first-order valence-corrected chi connectivity index (χ1v) is 8.02. The quantitative estimate of drug-likeness (QED) is 0.785. The highest BCUT2D eigenvalue weighted by Gasteiger charge is 2.11. The average molecular weight is 320 g/mol. The third-order valence-corrected chi connectivity index (χ3v) is 4.13. The van der Waals surface area contributed by atoms with Crippen LogP contribution in [-0.2, 0) is 17.8 Å². The predicted octanol–water partition coefficient (Wildman–Crippen LogP) is 3.12. The van der Waals surface area contributed by atoms with E-state index in [0.717, 1.165) is 16.5 Å². The number of benzene rings is 2. The Balaban J connectivity index is 1.65. The van der Waals surface area contributed by atoms with Crippen molar-refractivity contribution in [1.29, 1.82) is 0 Å². The van der Waals surface area contributed by atoms with E-state index in [1.807, 2.05) is 60.7 Å². The van der Waals surface area contributed by atoms with Crippen LogP contribution in [0, 0.1) is 0 Å². The fraction of sp³-hybridized carbons (Fsp3) is 0.200. The van der Waals surface area contributed by atoms with Gasteiger partial charge in [-0.3, -0.25) is 9.59 Å². The lowest BCUT2D eigenvalue weighted by Crippen LogP contribution is -2.27. The summed E-state index contributed by atoms with van der Waals surface area (Å²) in [7, 11) is 1.79. The van der Waals surface area contributed by atoms with Crippen LogP contribution < -0.4 is 5.56 Å². The van der Waals surface area contributed by atoms with E-state index in [1.165, 1.54) is 0 Å². The molecule has 0 atom stereocenters. The SMILES string of the molecule is CN(Cc1ccccc1)C(=O)CCc1cc2ccccc2[nH]c1=O. The number of rotatable bonds is 5. The van der Waals surface area contributed by atoms with Crippen molar-refractivity contribution in [3.05, 3.63) is 82.1 Å². The standard InChI is InChI=1S/C20H20N2O2/c1-22(14-15-7-3-2-4-8-15)19(23)12-11-17-13-16-9-5-6-10-18(16)21-20(17)24/h2-10,13H,11-12,14H2,1H3,(H,21,24). The summed E-state index contributed by atoms with van der Waals surface area (Å²) in [4.78, 5) is 29.0. The van der Waals surface area contributed by atoms with E-state index in [1.54, 1.807) is 11.9 Å². The number of aromatic amines is 1. The number of nitrogens with one attached hydrogen (secondary N) is 1. The third-order valence-electron chi connectivity index (χ3n) is 4.13. The lowest BCUT2D eigenvalue weighted by atomic mass is 10.1. The molecule has 3 rings (SSSR count). The Bertz CT molecular complexity index is 900. The first kappa shape index (κ1) is 16.0. The van der Waals surface area contributed by atoms with Crippen LogP contribution >= 0.6 is 0 Å². The number of H-pyrrole nitrogens is 1. The van der Waals surface area contributed by atoms with Crippen molar-refractivity contribution < 1.29 is 4.79 Å². The molecular weight excluding hydrogens is 300 g/mol. The van der Waals surface area contributed by atoms with Crippen molar-refractivity contribution in [2.24, 2.45) is 0 Å². The number of aryl methyl sites for hydroxylation is 1. The predicted molar refractivity (Wildman–Crippen MR) is 95.8 cm³/mol. The van der Waals surface area contributed by atoms with Gasteiger partial charge in [-0.2, -0.15) is 0 Å². The number of amides is 1. The van der Waals surface area contributed by atoms with Crippen molar-refractivity contribution in [2.75, 3.05) is 7.05 Å². The summed E-state index contributed by atoms with van der Waals surface area (Å²) in [5, 5.41) is 0.984. The normalized spacial score (nSPS) is 10.7. The minimum atomic E-state index is -0.118. The second-order valence-corrected chi connectivity index (χ2v) is 5.95. The molecule has 122 valence electrons. The molecule has 0 radical (unpaired) electrons. The van der Waals surface area contributed by atoms with Gasteiger partial charge in [-0.25, -0.2) is 0 Å². The second kappa shape index (κ2) is 7.13. The average Bonchev–Trinajstić information content (AvgIpc) is 2.60. The van der Waals surface area contributed by atoms with Gasteiger partial charge in [0.2, 0.25) is 5.91 Å². The highest BCUT2D eigenvalue weighted by atomic mass is 16.2. The van der Waals surface area contributed by atoms with Crippen LogP contribution in [0.15, 0.2) is 65.5 Å². The van der Waals surface area contributed by atoms with Gasteiger partial charge in [0.15, 0.2) is 0 Å². The van der Waals surface area contributed by atoms with Crippen LogP contribution in [0.5, 0.6) is 0 Å². The van der Waals surface area contributed by atoms with Crippen LogP contribution in [0.3, 0.4) is 0 Å². The Morgan fingerprint density at radius 1 is 1.04 bits per heavy atom. The van der Waals surface area contributed by atoms with Crippen molar-refractivity contribution in [3.8, 4) is 0 Å². The van der Waals surface area contributed by atoms with Gasteiger partial charge in [-0.15, -0.1) is 0 Å². The molecule has 0 bridgehead atoms. The summed E-state index contributed by atoms with van der Waals surface area (Å²) >= 11 is 0. The maximum atomic E-state index is 12.3. The molecule has 0 aliphatic heterocycles. The fourth-order valence-corrected chi connectivity index (χ4v) is 2.76. The largest absolute Gasteiger partial charge is 0.341 e. The number of carbonyl (C=O) groups is 1. The van der Waals surface area contributed by atoms with E-state index in [-0.39, 0.29) is 11.5 Å². The van der Waals surface area contributed by atoms with Gasteiger partial charge in [0.1, 0.15) is 0 Å². The summed E-state index contributed by atoms with van der Waals surface area (Å²) < 4.78 is 0. The maximum absolute atomic E-state index is 12.3. The van der Waals surface area contributed by atoms with E-state index >= 15 is 0 Å². The Morgan fingerprint density at radius 2 is 1.75 bits per heavy atom. The summed E-state index contributed by atoms with van der Waals surface area (Å²) in [5.74, 6) is 0.0337. The molecule has 1 aromatic heterocycles. The molecule has 0 saturated heterocycles. The van der Waals surface area contributed by atoms with Crippen molar-refractivity contribution >= 4 is 16.8 Å². The Kier molecular flexibility index (Phi) is 4.75. The minimum Gasteiger partial charge on any atom is -0.341 e. The number of pyridine rings is 1. The molecule has 4 heteroatoms. The van der Waals surface area contributed by atoms with Gasteiger partial charge < -0.3 is 9.88 Å². The zero-order valence-electron chi connectivity index (χ0n) is 13.7. The monoisotopic (exact) mass is 320 g/mol. The van der Waals surface area contributed by atoms with Crippen molar-refractivity contribution in [2.45, 2.75) is 19.4 Å². The van der Waals surface area contributed by atoms with E-state index in [2.05, 4.69) is 4.98 Å². The molecule has 24 heavy (non-hydrogen) atoms. The molecule has 2 aromatic carbocycles. The van der Waals surface area contributed by atoms with E-state index in [9.17, 15) is 9.59 Å². The third kappa shape index (κ3) is 3.71. The summed E-state index contributed by atoms with van der Waals surface area (Å²) in [6, 6.07) is 19.4. The summed E-state index contributed by atoms with van der Waals surface area (Å²) in [6.07, 6.45) is 0.767. The van der Waals surface area contributed by atoms with Crippen molar-refractivity contribution in [3.63, 3.8) is 0 Å². The molecule has 1 N–H and O–H groups in total. The first-order chi connectivity index (χ1) is 11.6. The molecular formula is C20H20N2O2. The number of hydrogen-bond acceptors (Lipinski definition) is 2. The van der Waals surface area contributed by atoms with Gasteiger partial charge in [-0.05, 0) is 29.5 Å². The molecule has 0 aliphatic carbocycles. The number of para-hydroxylation sites is 1. The number of hydrogen-bond donors (Lipinski definition) is 1. The van der Waals surface area contributed by atoms with E-state index in [4.69, 9.17) is 0 Å². The van der Waals surface area contributed by atoms with Crippen LogP contribution in [0.4, 0.5) is 0 Å². The second-order valence-electron chi connectivity index (χ2n) is 5.95. The van der Waals surface area contributed by atoms with Crippen LogP contribution in [0.2, 0.25) is 0 Å². The molecule has 1 amide bonds. The van der Waals surface area contributed by atoms with Gasteiger partial charge in [0, 0.05) is 31.1 Å².